The van der Waals surface area contributed by atoms with Gasteiger partial charge in [0.2, 0.25) is 0 Å². The summed E-state index contributed by atoms with van der Waals surface area (Å²) in [6.07, 6.45) is 5.37. The molecule has 0 spiro atoms. The molecule has 1 atom stereocenters. The summed E-state index contributed by atoms with van der Waals surface area (Å²) in [7, 11) is 0. The summed E-state index contributed by atoms with van der Waals surface area (Å²) in [5, 5.41) is 4.26. The molecule has 0 saturated carbocycles. The predicted molar refractivity (Wildman–Crippen MR) is 59.4 cm³/mol. The molecule has 0 amide bonds. The van der Waals surface area contributed by atoms with Crippen LogP contribution in [0.15, 0.2) is 30.7 Å². The summed E-state index contributed by atoms with van der Waals surface area (Å²) in [6, 6.07) is 4.05. The van der Waals surface area contributed by atoms with Crippen LogP contribution in [0.25, 0.3) is 0 Å². The molecular weight excluding hydrogens is 188 g/mol. The highest BCUT2D eigenvalue weighted by molar-refractivity contribution is 5.38. The topological polar surface area (TPSA) is 56.7 Å². The average molecular weight is 202 g/mol. The van der Waals surface area contributed by atoms with E-state index in [4.69, 9.17) is 5.73 Å². The largest absolute Gasteiger partial charge is 0.384 e. The molecule has 2 heterocycles. The Morgan fingerprint density at radius 3 is 2.73 bits per heavy atom. The average Bonchev–Trinajstić information content (AvgIpc) is 2.60. The zero-order valence-electron chi connectivity index (χ0n) is 8.88. The second-order valence-electron chi connectivity index (χ2n) is 3.62. The van der Waals surface area contributed by atoms with E-state index in [-0.39, 0.29) is 6.04 Å². The summed E-state index contributed by atoms with van der Waals surface area (Å²) >= 11 is 0. The fourth-order valence-electron chi connectivity index (χ4n) is 1.53. The lowest BCUT2D eigenvalue weighted by molar-refractivity contribution is 0.571. The van der Waals surface area contributed by atoms with E-state index in [1.807, 2.05) is 29.9 Å². The van der Waals surface area contributed by atoms with Crippen LogP contribution in [-0.4, -0.2) is 14.8 Å². The molecule has 0 aliphatic carbocycles. The third-order valence-corrected chi connectivity index (χ3v) is 2.56. The maximum absolute atomic E-state index is 5.92. The van der Waals surface area contributed by atoms with Crippen molar-refractivity contribution in [1.29, 1.82) is 0 Å². The smallest absolute Gasteiger partial charge is 0.125 e. The van der Waals surface area contributed by atoms with Crippen molar-refractivity contribution in [3.63, 3.8) is 0 Å². The Morgan fingerprint density at radius 1 is 1.40 bits per heavy atom. The number of nitrogens with zero attached hydrogens (tertiary/aromatic N) is 3. The van der Waals surface area contributed by atoms with Gasteiger partial charge in [-0.05, 0) is 25.5 Å². The van der Waals surface area contributed by atoms with Gasteiger partial charge in [-0.25, -0.2) is 4.68 Å². The Labute approximate surface area is 88.8 Å². The summed E-state index contributed by atoms with van der Waals surface area (Å²) in [6.45, 7) is 4.01. The highest BCUT2D eigenvalue weighted by Gasteiger charge is 2.12. The Bertz CT molecular complexity index is 447. The molecule has 2 aromatic heterocycles. The Morgan fingerprint density at radius 2 is 2.20 bits per heavy atom. The van der Waals surface area contributed by atoms with E-state index in [0.29, 0.717) is 5.82 Å². The van der Waals surface area contributed by atoms with Gasteiger partial charge < -0.3 is 5.73 Å². The number of hydrogen-bond donors (Lipinski definition) is 1. The first-order valence-electron chi connectivity index (χ1n) is 4.89. The maximum atomic E-state index is 5.92. The molecule has 4 nitrogen and oxygen atoms in total. The van der Waals surface area contributed by atoms with E-state index in [1.54, 1.807) is 12.4 Å². The van der Waals surface area contributed by atoms with Crippen LogP contribution in [0.1, 0.15) is 24.1 Å². The van der Waals surface area contributed by atoms with Crippen LogP contribution in [0.5, 0.6) is 0 Å². The number of aromatic nitrogens is 3. The van der Waals surface area contributed by atoms with E-state index in [0.717, 1.165) is 11.1 Å². The minimum absolute atomic E-state index is 0.118. The van der Waals surface area contributed by atoms with Crippen molar-refractivity contribution in [3.8, 4) is 0 Å². The second-order valence-corrected chi connectivity index (χ2v) is 3.62. The number of nitrogen functional groups attached to an aromatic ring is 1. The van der Waals surface area contributed by atoms with Crippen LogP contribution in [0.4, 0.5) is 5.82 Å². The second kappa shape index (κ2) is 3.73. The van der Waals surface area contributed by atoms with E-state index < -0.39 is 0 Å². The summed E-state index contributed by atoms with van der Waals surface area (Å²) in [5.74, 6) is 0.714. The Hall–Kier alpha value is -1.84. The number of anilines is 1. The molecule has 0 aliphatic rings. The molecule has 4 heteroatoms. The number of nitrogens with two attached hydrogens (primary N) is 1. The fourth-order valence-corrected chi connectivity index (χ4v) is 1.53. The van der Waals surface area contributed by atoms with Gasteiger partial charge in [-0.1, -0.05) is 6.07 Å². The molecule has 1 unspecified atom stereocenters. The van der Waals surface area contributed by atoms with E-state index in [2.05, 4.69) is 17.0 Å². The lowest BCUT2D eigenvalue weighted by atomic mass is 10.1. The molecule has 2 rings (SSSR count). The van der Waals surface area contributed by atoms with Crippen LogP contribution in [0, 0.1) is 6.92 Å². The van der Waals surface area contributed by atoms with E-state index >= 15 is 0 Å². The molecule has 2 N–H and O–H groups in total. The minimum Gasteiger partial charge on any atom is -0.384 e. The van der Waals surface area contributed by atoms with Crippen LogP contribution < -0.4 is 5.73 Å². The van der Waals surface area contributed by atoms with Crippen LogP contribution in [0.3, 0.4) is 0 Å². The third-order valence-electron chi connectivity index (χ3n) is 2.56. The summed E-state index contributed by atoms with van der Waals surface area (Å²) < 4.78 is 1.81. The molecule has 0 bridgehead atoms. The molecule has 2 aromatic rings. The monoisotopic (exact) mass is 202 g/mol. The van der Waals surface area contributed by atoms with Crippen molar-refractivity contribution >= 4 is 5.82 Å². The van der Waals surface area contributed by atoms with Crippen molar-refractivity contribution in [1.82, 2.24) is 14.8 Å². The zero-order valence-corrected chi connectivity index (χ0v) is 8.88. The van der Waals surface area contributed by atoms with Gasteiger partial charge in [0.05, 0.1) is 12.2 Å². The lowest BCUT2D eigenvalue weighted by Crippen LogP contribution is -2.11. The van der Waals surface area contributed by atoms with Crippen LogP contribution in [0.2, 0.25) is 0 Å². The standard InChI is InChI=1S/C11H14N4/c1-8-6-14-15(11(8)12)9(2)10-4-3-5-13-7-10/h3-7,9H,12H2,1-2H3. The predicted octanol–water partition coefficient (Wildman–Crippen LogP) is 1.78. The maximum Gasteiger partial charge on any atom is 0.125 e. The number of pyridine rings is 1. The van der Waals surface area contributed by atoms with Gasteiger partial charge in [0.1, 0.15) is 5.82 Å². The van der Waals surface area contributed by atoms with Gasteiger partial charge >= 0.3 is 0 Å². The van der Waals surface area contributed by atoms with Crippen molar-refractivity contribution < 1.29 is 0 Å². The molecule has 0 saturated heterocycles. The molecule has 0 fully saturated rings. The quantitative estimate of drug-likeness (QED) is 0.807. The molecule has 0 aliphatic heterocycles. The summed E-state index contributed by atoms with van der Waals surface area (Å²) in [5.41, 5.74) is 8.03. The van der Waals surface area contributed by atoms with Crippen LogP contribution >= 0.6 is 0 Å². The molecule has 78 valence electrons. The van der Waals surface area contributed by atoms with Crippen molar-refractivity contribution in [2.24, 2.45) is 0 Å². The highest BCUT2D eigenvalue weighted by Crippen LogP contribution is 2.20. The zero-order chi connectivity index (χ0) is 10.8. The van der Waals surface area contributed by atoms with E-state index in [9.17, 15) is 0 Å². The van der Waals surface area contributed by atoms with Crippen molar-refractivity contribution in [2.45, 2.75) is 19.9 Å². The first kappa shape index (κ1) is 9.71. The van der Waals surface area contributed by atoms with Gasteiger partial charge in [-0.15, -0.1) is 0 Å². The SMILES string of the molecule is Cc1cnn(C(C)c2cccnc2)c1N. The Kier molecular flexibility index (Phi) is 2.41. The van der Waals surface area contributed by atoms with Crippen molar-refractivity contribution in [3.05, 3.63) is 41.9 Å². The highest BCUT2D eigenvalue weighted by atomic mass is 15.3. The van der Waals surface area contributed by atoms with Crippen LogP contribution in [-0.2, 0) is 0 Å². The molecular formula is C11H14N4. The number of hydrogen-bond acceptors (Lipinski definition) is 3. The normalized spacial score (nSPS) is 12.7. The fraction of sp³-hybridized carbons (Fsp3) is 0.273. The van der Waals surface area contributed by atoms with Gasteiger partial charge in [0.15, 0.2) is 0 Å². The van der Waals surface area contributed by atoms with Gasteiger partial charge in [-0.2, -0.15) is 5.10 Å². The van der Waals surface area contributed by atoms with E-state index in [1.165, 1.54) is 0 Å². The number of rotatable bonds is 2. The first-order valence-corrected chi connectivity index (χ1v) is 4.89. The molecule has 0 aromatic carbocycles. The van der Waals surface area contributed by atoms with Crippen molar-refractivity contribution in [2.75, 3.05) is 5.73 Å². The summed E-state index contributed by atoms with van der Waals surface area (Å²) in [4.78, 5) is 4.09. The first-order chi connectivity index (χ1) is 7.20. The third kappa shape index (κ3) is 1.70. The Balaban J connectivity index is 2.37. The molecule has 0 radical (unpaired) electrons. The lowest BCUT2D eigenvalue weighted by Gasteiger charge is -2.13. The van der Waals surface area contributed by atoms with Gasteiger partial charge in [0.25, 0.3) is 0 Å². The number of aryl methyl sites for hydroxylation is 1. The van der Waals surface area contributed by atoms with Gasteiger partial charge in [-0.3, -0.25) is 4.98 Å². The molecule has 15 heavy (non-hydrogen) atoms. The minimum atomic E-state index is 0.118. The van der Waals surface area contributed by atoms with Gasteiger partial charge in [0, 0.05) is 18.0 Å².